The van der Waals surface area contributed by atoms with E-state index in [-0.39, 0.29) is 24.4 Å². The average Bonchev–Trinajstić information content (AvgIpc) is 3.78. The van der Waals surface area contributed by atoms with Gasteiger partial charge in [-0.2, -0.15) is 0 Å². The Hall–Kier alpha value is -3.49. The van der Waals surface area contributed by atoms with Crippen molar-refractivity contribution in [3.05, 3.63) is 105 Å². The predicted molar refractivity (Wildman–Crippen MR) is 160 cm³/mol. The third-order valence-electron chi connectivity index (χ3n) is 7.51. The summed E-state index contributed by atoms with van der Waals surface area (Å²) in [6.45, 7) is 3.34. The maximum Gasteiger partial charge on any atom is 0.335 e. The number of carbonyl (C=O) groups excluding carboxylic acids is 2. The second kappa shape index (κ2) is 13.0. The summed E-state index contributed by atoms with van der Waals surface area (Å²) < 4.78 is 25.7. The van der Waals surface area contributed by atoms with E-state index in [9.17, 15) is 14.0 Å². The van der Waals surface area contributed by atoms with Crippen molar-refractivity contribution in [2.45, 2.75) is 51.2 Å². The van der Waals surface area contributed by atoms with Crippen molar-refractivity contribution in [3.8, 4) is 5.75 Å². The Morgan fingerprint density at radius 1 is 1.07 bits per heavy atom. The van der Waals surface area contributed by atoms with Crippen LogP contribution in [0, 0.1) is 12.7 Å². The van der Waals surface area contributed by atoms with Crippen molar-refractivity contribution in [2.75, 3.05) is 19.7 Å². The first-order chi connectivity index (χ1) is 19.8. The van der Waals surface area contributed by atoms with Gasteiger partial charge in [0.05, 0.1) is 16.7 Å². The molecule has 6 nitrogen and oxygen atoms in total. The minimum absolute atomic E-state index is 0.0201. The molecule has 41 heavy (non-hydrogen) atoms. The van der Waals surface area contributed by atoms with Crippen LogP contribution in [0.1, 0.15) is 54.0 Å². The molecule has 1 unspecified atom stereocenters. The Bertz CT molecular complexity index is 1430. The molecule has 8 heteroatoms. The van der Waals surface area contributed by atoms with Crippen molar-refractivity contribution in [1.82, 2.24) is 4.90 Å². The number of hydrogen-bond acceptors (Lipinski definition) is 5. The summed E-state index contributed by atoms with van der Waals surface area (Å²) in [6, 6.07) is 19.8. The van der Waals surface area contributed by atoms with Crippen LogP contribution < -0.4 is 10.5 Å². The number of benzene rings is 3. The van der Waals surface area contributed by atoms with E-state index in [1.807, 2.05) is 48.2 Å². The summed E-state index contributed by atoms with van der Waals surface area (Å²) >= 11 is 3.38. The van der Waals surface area contributed by atoms with Gasteiger partial charge in [-0.15, -0.1) is 0 Å². The number of ether oxygens (including phenoxy) is 2. The van der Waals surface area contributed by atoms with Crippen molar-refractivity contribution in [1.29, 1.82) is 0 Å². The van der Waals surface area contributed by atoms with Gasteiger partial charge >= 0.3 is 5.97 Å². The summed E-state index contributed by atoms with van der Waals surface area (Å²) in [5.74, 6) is -0.598. The molecule has 1 aliphatic carbocycles. The fourth-order valence-electron chi connectivity index (χ4n) is 5.14. The minimum Gasteiger partial charge on any atom is -0.492 e. The van der Waals surface area contributed by atoms with Crippen molar-refractivity contribution >= 4 is 33.4 Å². The number of primary amides is 1. The number of amides is 1. The van der Waals surface area contributed by atoms with E-state index in [0.717, 1.165) is 58.0 Å². The summed E-state index contributed by atoms with van der Waals surface area (Å²) in [4.78, 5) is 27.8. The Kier molecular flexibility index (Phi) is 9.20. The first-order valence-corrected chi connectivity index (χ1v) is 14.8. The number of nitrogens with zero attached hydrogens (tertiary/aromatic N) is 1. The van der Waals surface area contributed by atoms with Crippen LogP contribution in [-0.4, -0.2) is 42.6 Å². The van der Waals surface area contributed by atoms with Crippen LogP contribution in [0.15, 0.2) is 76.8 Å². The van der Waals surface area contributed by atoms with Crippen molar-refractivity contribution in [2.24, 2.45) is 5.73 Å². The zero-order chi connectivity index (χ0) is 28.9. The number of halogens is 2. The van der Waals surface area contributed by atoms with Crippen LogP contribution >= 0.6 is 15.9 Å². The van der Waals surface area contributed by atoms with E-state index >= 15 is 0 Å². The summed E-state index contributed by atoms with van der Waals surface area (Å²) in [5.41, 5.74) is 11.4. The molecule has 0 radical (unpaired) electrons. The highest BCUT2D eigenvalue weighted by Crippen LogP contribution is 2.35. The van der Waals surface area contributed by atoms with Gasteiger partial charge in [-0.25, -0.2) is 9.18 Å². The second-order valence-corrected chi connectivity index (χ2v) is 11.6. The number of aryl methyl sites for hydroxylation is 2. The maximum absolute atomic E-state index is 13.5. The summed E-state index contributed by atoms with van der Waals surface area (Å²) in [7, 11) is 0. The fraction of sp³-hybridized carbons (Fsp3) is 0.333. The molecule has 214 valence electrons. The van der Waals surface area contributed by atoms with E-state index in [4.69, 9.17) is 15.2 Å². The van der Waals surface area contributed by atoms with Gasteiger partial charge in [-0.3, -0.25) is 9.69 Å². The molecule has 1 heterocycles. The normalized spacial score (nSPS) is 16.4. The van der Waals surface area contributed by atoms with E-state index in [1.165, 1.54) is 12.1 Å². The van der Waals surface area contributed by atoms with E-state index in [0.29, 0.717) is 30.9 Å². The van der Waals surface area contributed by atoms with Gasteiger partial charge in [0, 0.05) is 19.2 Å². The van der Waals surface area contributed by atoms with E-state index < -0.39 is 11.9 Å². The molecule has 5 rings (SSSR count). The fourth-order valence-corrected chi connectivity index (χ4v) is 5.50. The Labute approximate surface area is 248 Å². The SMILES string of the molecule is Cc1ccc(C(C(N)=O)N2CCC(c3ccc(CCCOc4cc(F)ccc4Br)cc3)=C(C(=O)OC3CC3)C2)cc1. The molecule has 0 spiro atoms. The van der Waals surface area contributed by atoms with Gasteiger partial charge < -0.3 is 15.2 Å². The van der Waals surface area contributed by atoms with Gasteiger partial charge in [0.15, 0.2) is 0 Å². The lowest BCUT2D eigenvalue weighted by Crippen LogP contribution is -2.42. The highest BCUT2D eigenvalue weighted by Gasteiger charge is 2.35. The molecule has 0 saturated heterocycles. The first-order valence-electron chi connectivity index (χ1n) is 14.0. The lowest BCUT2D eigenvalue weighted by molar-refractivity contribution is -0.141. The van der Waals surface area contributed by atoms with Crippen molar-refractivity contribution in [3.63, 3.8) is 0 Å². The first kappa shape index (κ1) is 29.0. The van der Waals surface area contributed by atoms with Gasteiger partial charge in [-0.1, -0.05) is 54.1 Å². The molecule has 1 atom stereocenters. The van der Waals surface area contributed by atoms with Crippen LogP contribution in [0.2, 0.25) is 0 Å². The molecule has 1 saturated carbocycles. The van der Waals surface area contributed by atoms with Crippen LogP contribution in [0.5, 0.6) is 5.75 Å². The molecular weight excluding hydrogens is 587 g/mol. The van der Waals surface area contributed by atoms with E-state index in [2.05, 4.69) is 28.1 Å². The highest BCUT2D eigenvalue weighted by molar-refractivity contribution is 9.10. The number of esters is 1. The largest absolute Gasteiger partial charge is 0.492 e. The highest BCUT2D eigenvalue weighted by atomic mass is 79.9. The summed E-state index contributed by atoms with van der Waals surface area (Å²) in [6.07, 6.45) is 3.92. The molecular formula is C33H34BrFN2O4. The lowest BCUT2D eigenvalue weighted by Gasteiger charge is -2.35. The molecule has 1 aliphatic heterocycles. The second-order valence-electron chi connectivity index (χ2n) is 10.7. The van der Waals surface area contributed by atoms with Gasteiger partial charge in [0.25, 0.3) is 0 Å². The van der Waals surface area contributed by atoms with Crippen LogP contribution in [-0.2, 0) is 20.7 Å². The zero-order valence-corrected chi connectivity index (χ0v) is 24.7. The topological polar surface area (TPSA) is 81.9 Å². The monoisotopic (exact) mass is 620 g/mol. The number of rotatable bonds is 11. The molecule has 0 bridgehead atoms. The molecule has 0 aromatic heterocycles. The molecule has 2 aliphatic rings. The third kappa shape index (κ3) is 7.43. The molecule has 3 aromatic carbocycles. The van der Waals surface area contributed by atoms with Crippen molar-refractivity contribution < 1.29 is 23.5 Å². The molecule has 1 amide bonds. The molecule has 3 aromatic rings. The predicted octanol–water partition coefficient (Wildman–Crippen LogP) is 6.30. The smallest absolute Gasteiger partial charge is 0.335 e. The van der Waals surface area contributed by atoms with Gasteiger partial charge in [0.1, 0.15) is 23.7 Å². The molecule has 1 fully saturated rings. The quantitative estimate of drug-likeness (QED) is 0.201. The van der Waals surface area contributed by atoms with Crippen LogP contribution in [0.25, 0.3) is 5.57 Å². The third-order valence-corrected chi connectivity index (χ3v) is 8.16. The molecule has 2 N–H and O–H groups in total. The average molecular weight is 622 g/mol. The Balaban J connectivity index is 1.29. The zero-order valence-electron chi connectivity index (χ0n) is 23.1. The Morgan fingerprint density at radius 2 is 1.80 bits per heavy atom. The van der Waals surface area contributed by atoms with Gasteiger partial charge in [0.2, 0.25) is 5.91 Å². The number of carbonyl (C=O) groups is 2. The maximum atomic E-state index is 13.5. The number of hydrogen-bond donors (Lipinski definition) is 1. The lowest BCUT2D eigenvalue weighted by atomic mass is 9.90. The number of nitrogens with two attached hydrogens (primary N) is 1. The van der Waals surface area contributed by atoms with E-state index in [1.54, 1.807) is 6.07 Å². The minimum atomic E-state index is -0.626. The Morgan fingerprint density at radius 3 is 2.49 bits per heavy atom. The van der Waals surface area contributed by atoms with Gasteiger partial charge in [-0.05, 0) is 89.4 Å². The standard InChI is InChI=1S/C33H34BrFN2O4/c1-21-4-8-24(9-5-21)31(32(36)38)37-17-16-27(28(20-37)33(39)41-26-13-14-26)23-10-6-22(7-11-23)3-2-18-40-30-19-25(35)12-15-29(30)34/h4-12,15,19,26,31H,2-3,13-14,16-18,20H2,1H3,(H2,36,38). The van der Waals surface area contributed by atoms with Crippen LogP contribution in [0.3, 0.4) is 0 Å². The van der Waals surface area contributed by atoms with Crippen LogP contribution in [0.4, 0.5) is 4.39 Å². The summed E-state index contributed by atoms with van der Waals surface area (Å²) in [5, 5.41) is 0.